The Bertz CT molecular complexity index is 529. The van der Waals surface area contributed by atoms with Crippen LogP contribution in [0.25, 0.3) is 10.9 Å². The molecule has 80 valence electrons. The van der Waals surface area contributed by atoms with Crippen molar-refractivity contribution in [2.24, 2.45) is 0 Å². The first kappa shape index (κ1) is 10.3. The lowest BCUT2D eigenvalue weighted by molar-refractivity contribution is 0.940. The lowest BCUT2D eigenvalue weighted by atomic mass is 10.2. The molecule has 0 atom stereocenters. The maximum atomic E-state index is 4.38. The molecule has 2 aromatic heterocycles. The molecule has 0 aliphatic carbocycles. The Labute approximate surface area is 93.3 Å². The van der Waals surface area contributed by atoms with E-state index in [2.05, 4.69) is 32.5 Å². The molecule has 0 radical (unpaired) electrons. The Balaban J connectivity index is 0.000000162. The van der Waals surface area contributed by atoms with E-state index in [0.29, 0.717) is 0 Å². The Morgan fingerprint density at radius 2 is 1.94 bits per heavy atom. The Morgan fingerprint density at radius 3 is 2.62 bits per heavy atom. The van der Waals surface area contributed by atoms with E-state index in [4.69, 9.17) is 0 Å². The normalized spacial score (nSPS) is 9.56. The van der Waals surface area contributed by atoms with Crippen LogP contribution >= 0.6 is 0 Å². The van der Waals surface area contributed by atoms with E-state index in [1.54, 1.807) is 12.4 Å². The molecular weight excluding hydrogens is 200 g/mol. The van der Waals surface area contributed by atoms with E-state index in [9.17, 15) is 0 Å². The second kappa shape index (κ2) is 5.02. The fourth-order valence-electron chi connectivity index (χ4n) is 1.33. The molecule has 3 rings (SSSR count). The summed E-state index contributed by atoms with van der Waals surface area (Å²) < 4.78 is 0. The smallest absolute Gasteiger partial charge is 0.0705 e. The number of nitrogens with zero attached hydrogens (tertiary/aromatic N) is 3. The molecule has 3 aromatic rings. The molecule has 4 heteroatoms. The SMILES string of the molecule is Cc1ccc2ccccc2n1.c1c[nH]nn1. The highest BCUT2D eigenvalue weighted by Crippen LogP contribution is 2.10. The van der Waals surface area contributed by atoms with Crippen molar-refractivity contribution >= 4 is 10.9 Å². The molecule has 0 aliphatic rings. The lowest BCUT2D eigenvalue weighted by Crippen LogP contribution is -1.80. The minimum Gasteiger partial charge on any atom is -0.266 e. The second-order valence-corrected chi connectivity index (χ2v) is 3.31. The van der Waals surface area contributed by atoms with Gasteiger partial charge in [0.1, 0.15) is 0 Å². The predicted octanol–water partition coefficient (Wildman–Crippen LogP) is 2.35. The molecule has 0 aliphatic heterocycles. The van der Waals surface area contributed by atoms with Crippen molar-refractivity contribution in [3.05, 3.63) is 54.5 Å². The molecule has 0 bridgehead atoms. The van der Waals surface area contributed by atoms with Crippen LogP contribution in [-0.4, -0.2) is 20.4 Å². The number of rotatable bonds is 0. The zero-order valence-electron chi connectivity index (χ0n) is 8.96. The van der Waals surface area contributed by atoms with Crippen LogP contribution in [0.3, 0.4) is 0 Å². The summed E-state index contributed by atoms with van der Waals surface area (Å²) in [7, 11) is 0. The number of H-pyrrole nitrogens is 1. The molecule has 0 fully saturated rings. The van der Waals surface area contributed by atoms with Crippen LogP contribution in [0.2, 0.25) is 0 Å². The maximum absolute atomic E-state index is 4.38. The largest absolute Gasteiger partial charge is 0.266 e. The van der Waals surface area contributed by atoms with Crippen molar-refractivity contribution in [1.29, 1.82) is 0 Å². The third-order valence-electron chi connectivity index (χ3n) is 2.07. The van der Waals surface area contributed by atoms with Gasteiger partial charge in [-0.25, -0.2) is 0 Å². The molecule has 4 nitrogen and oxygen atoms in total. The van der Waals surface area contributed by atoms with Gasteiger partial charge < -0.3 is 0 Å². The number of para-hydroxylation sites is 1. The van der Waals surface area contributed by atoms with Crippen molar-refractivity contribution in [2.75, 3.05) is 0 Å². The minimum absolute atomic E-state index is 1.07. The number of hydrogen-bond donors (Lipinski definition) is 1. The number of aromatic nitrogens is 4. The van der Waals surface area contributed by atoms with Crippen LogP contribution in [0.1, 0.15) is 5.69 Å². The van der Waals surface area contributed by atoms with E-state index in [1.165, 1.54) is 5.39 Å². The molecule has 1 N–H and O–H groups in total. The first-order valence-electron chi connectivity index (χ1n) is 4.99. The van der Waals surface area contributed by atoms with Gasteiger partial charge in [0.15, 0.2) is 0 Å². The first-order valence-corrected chi connectivity index (χ1v) is 4.99. The fourth-order valence-corrected chi connectivity index (χ4v) is 1.33. The van der Waals surface area contributed by atoms with Gasteiger partial charge >= 0.3 is 0 Å². The van der Waals surface area contributed by atoms with Crippen LogP contribution < -0.4 is 0 Å². The maximum Gasteiger partial charge on any atom is 0.0705 e. The number of pyridine rings is 1. The molecule has 0 unspecified atom stereocenters. The van der Waals surface area contributed by atoms with Gasteiger partial charge in [-0.3, -0.25) is 10.1 Å². The van der Waals surface area contributed by atoms with E-state index < -0.39 is 0 Å². The van der Waals surface area contributed by atoms with Crippen LogP contribution in [0.5, 0.6) is 0 Å². The average Bonchev–Trinajstić information content (AvgIpc) is 2.87. The van der Waals surface area contributed by atoms with Crippen LogP contribution in [-0.2, 0) is 0 Å². The minimum atomic E-state index is 1.07. The van der Waals surface area contributed by atoms with Gasteiger partial charge in [-0.2, -0.15) is 0 Å². The summed E-state index contributed by atoms with van der Waals surface area (Å²) in [5.74, 6) is 0. The van der Waals surface area contributed by atoms with Crippen molar-refractivity contribution in [3.63, 3.8) is 0 Å². The quantitative estimate of drug-likeness (QED) is 0.622. The van der Waals surface area contributed by atoms with Gasteiger partial charge in [0, 0.05) is 17.3 Å². The van der Waals surface area contributed by atoms with Gasteiger partial charge in [0.2, 0.25) is 0 Å². The summed E-state index contributed by atoms with van der Waals surface area (Å²) in [4.78, 5) is 4.38. The van der Waals surface area contributed by atoms with E-state index in [1.807, 2.05) is 31.2 Å². The number of fused-ring (bicyclic) bond motifs is 1. The highest BCUT2D eigenvalue weighted by atomic mass is 15.3. The highest BCUT2D eigenvalue weighted by molar-refractivity contribution is 5.78. The Kier molecular flexibility index (Phi) is 3.23. The Morgan fingerprint density at radius 1 is 1.06 bits per heavy atom. The Hall–Kier alpha value is -2.23. The first-order chi connectivity index (χ1) is 7.86. The highest BCUT2D eigenvalue weighted by Gasteiger charge is 1.90. The van der Waals surface area contributed by atoms with Crippen molar-refractivity contribution in [3.8, 4) is 0 Å². The van der Waals surface area contributed by atoms with Gasteiger partial charge in [0.05, 0.1) is 11.7 Å². The molecule has 0 amide bonds. The summed E-state index contributed by atoms with van der Waals surface area (Å²) in [6, 6.07) is 12.3. The van der Waals surface area contributed by atoms with Crippen LogP contribution in [0.15, 0.2) is 48.8 Å². The number of hydrogen-bond acceptors (Lipinski definition) is 3. The molecule has 2 heterocycles. The van der Waals surface area contributed by atoms with Gasteiger partial charge in [-0.15, -0.1) is 5.10 Å². The topological polar surface area (TPSA) is 54.5 Å². The summed E-state index contributed by atoms with van der Waals surface area (Å²) in [5.41, 5.74) is 2.15. The van der Waals surface area contributed by atoms with Crippen LogP contribution in [0.4, 0.5) is 0 Å². The zero-order chi connectivity index (χ0) is 11.2. The second-order valence-electron chi connectivity index (χ2n) is 3.31. The number of nitrogens with one attached hydrogen (secondary N) is 1. The average molecular weight is 212 g/mol. The fraction of sp³-hybridized carbons (Fsp3) is 0.0833. The zero-order valence-corrected chi connectivity index (χ0v) is 8.96. The van der Waals surface area contributed by atoms with Gasteiger partial charge in [-0.05, 0) is 19.1 Å². The number of aryl methyl sites for hydroxylation is 1. The third-order valence-corrected chi connectivity index (χ3v) is 2.07. The van der Waals surface area contributed by atoms with Gasteiger partial charge in [0.25, 0.3) is 0 Å². The molecule has 0 spiro atoms. The van der Waals surface area contributed by atoms with Gasteiger partial charge in [-0.1, -0.05) is 29.5 Å². The van der Waals surface area contributed by atoms with E-state index in [0.717, 1.165) is 11.2 Å². The predicted molar refractivity (Wildman–Crippen MR) is 62.9 cm³/mol. The van der Waals surface area contributed by atoms with Crippen molar-refractivity contribution in [2.45, 2.75) is 6.92 Å². The van der Waals surface area contributed by atoms with E-state index in [-0.39, 0.29) is 0 Å². The third kappa shape index (κ3) is 2.63. The monoisotopic (exact) mass is 212 g/mol. The number of benzene rings is 1. The van der Waals surface area contributed by atoms with Crippen molar-refractivity contribution in [1.82, 2.24) is 20.4 Å². The molecule has 1 aromatic carbocycles. The molecular formula is C12H12N4. The molecule has 16 heavy (non-hydrogen) atoms. The number of aromatic amines is 1. The standard InChI is InChI=1S/C10H9N.C2H3N3/c1-8-6-7-9-4-2-3-5-10(9)11-8;1-2-4-5-3-1/h2-7H,1H3;1-2H,(H,3,4,5). The molecule has 0 saturated heterocycles. The summed E-state index contributed by atoms with van der Waals surface area (Å²) in [5, 5.41) is 10.5. The van der Waals surface area contributed by atoms with Crippen molar-refractivity contribution < 1.29 is 0 Å². The van der Waals surface area contributed by atoms with E-state index >= 15 is 0 Å². The summed E-state index contributed by atoms with van der Waals surface area (Å²) >= 11 is 0. The summed E-state index contributed by atoms with van der Waals surface area (Å²) in [6.07, 6.45) is 3.24. The summed E-state index contributed by atoms with van der Waals surface area (Å²) in [6.45, 7) is 2.01. The lowest BCUT2D eigenvalue weighted by Gasteiger charge is -1.95. The van der Waals surface area contributed by atoms with Crippen LogP contribution in [0, 0.1) is 6.92 Å². The molecule has 0 saturated carbocycles.